The number of likely N-dealkylation sites (N-methyl/N-ethyl adjacent to an activating group) is 1. The highest BCUT2D eigenvalue weighted by atomic mass is 15.2. The van der Waals surface area contributed by atoms with E-state index in [1.165, 1.54) is 31.4 Å². The van der Waals surface area contributed by atoms with Crippen LogP contribution in [0, 0.1) is 6.92 Å². The molecule has 0 aromatic carbocycles. The standard InChI is InChI=1S/C15H25N3/c1-4-18(3)15(8-5-6-9-15)12-17-14-7-10-16-13(2)11-14/h7,10-11H,4-6,8-9,12H2,1-3H3,(H,16,17). The Morgan fingerprint density at radius 3 is 2.72 bits per heavy atom. The number of pyridine rings is 1. The van der Waals surface area contributed by atoms with Crippen LogP contribution in [0.15, 0.2) is 18.3 Å². The monoisotopic (exact) mass is 247 g/mol. The molecular formula is C15H25N3. The van der Waals surface area contributed by atoms with Crippen molar-refractivity contribution in [1.82, 2.24) is 9.88 Å². The third kappa shape index (κ3) is 2.83. The van der Waals surface area contributed by atoms with Crippen LogP contribution in [0.3, 0.4) is 0 Å². The SMILES string of the molecule is CCN(C)C1(CNc2ccnc(C)c2)CCCC1. The Morgan fingerprint density at radius 1 is 1.39 bits per heavy atom. The molecule has 0 unspecified atom stereocenters. The van der Waals surface area contributed by atoms with Crippen LogP contribution in [-0.2, 0) is 0 Å². The zero-order valence-corrected chi connectivity index (χ0v) is 11.9. The largest absolute Gasteiger partial charge is 0.383 e. The molecule has 3 nitrogen and oxygen atoms in total. The van der Waals surface area contributed by atoms with Crippen molar-refractivity contribution >= 4 is 5.69 Å². The van der Waals surface area contributed by atoms with E-state index >= 15 is 0 Å². The number of anilines is 1. The highest BCUT2D eigenvalue weighted by Gasteiger charge is 2.36. The number of rotatable bonds is 5. The van der Waals surface area contributed by atoms with Gasteiger partial charge in [0.15, 0.2) is 0 Å². The number of hydrogen-bond acceptors (Lipinski definition) is 3. The number of hydrogen-bond donors (Lipinski definition) is 1. The van der Waals surface area contributed by atoms with Gasteiger partial charge in [0, 0.05) is 29.7 Å². The van der Waals surface area contributed by atoms with Gasteiger partial charge in [-0.3, -0.25) is 9.88 Å². The van der Waals surface area contributed by atoms with E-state index in [0.717, 1.165) is 18.8 Å². The highest BCUT2D eigenvalue weighted by Crippen LogP contribution is 2.34. The number of nitrogens with zero attached hydrogens (tertiary/aromatic N) is 2. The molecule has 0 bridgehead atoms. The topological polar surface area (TPSA) is 28.2 Å². The van der Waals surface area contributed by atoms with E-state index in [1.807, 2.05) is 13.1 Å². The van der Waals surface area contributed by atoms with Gasteiger partial charge in [-0.1, -0.05) is 19.8 Å². The van der Waals surface area contributed by atoms with Crippen LogP contribution >= 0.6 is 0 Å². The van der Waals surface area contributed by atoms with Crippen LogP contribution < -0.4 is 5.32 Å². The van der Waals surface area contributed by atoms with E-state index in [1.54, 1.807) is 0 Å². The van der Waals surface area contributed by atoms with Gasteiger partial charge in [-0.25, -0.2) is 0 Å². The summed E-state index contributed by atoms with van der Waals surface area (Å²) >= 11 is 0. The molecule has 1 aromatic rings. The molecule has 1 saturated carbocycles. The summed E-state index contributed by atoms with van der Waals surface area (Å²) in [5, 5.41) is 3.60. The Labute approximate surface area is 111 Å². The smallest absolute Gasteiger partial charge is 0.0393 e. The molecule has 2 rings (SSSR count). The Hall–Kier alpha value is -1.09. The predicted octanol–water partition coefficient (Wildman–Crippen LogP) is 3.07. The Morgan fingerprint density at radius 2 is 2.11 bits per heavy atom. The average Bonchev–Trinajstić information content (AvgIpc) is 2.85. The third-order valence-corrected chi connectivity index (χ3v) is 4.34. The highest BCUT2D eigenvalue weighted by molar-refractivity contribution is 5.43. The normalized spacial score (nSPS) is 18.2. The molecule has 0 saturated heterocycles. The summed E-state index contributed by atoms with van der Waals surface area (Å²) in [4.78, 5) is 6.75. The molecule has 1 aromatic heterocycles. The molecule has 0 aliphatic heterocycles. The van der Waals surface area contributed by atoms with Gasteiger partial charge >= 0.3 is 0 Å². The van der Waals surface area contributed by atoms with E-state index in [0.29, 0.717) is 5.54 Å². The first-order chi connectivity index (χ1) is 8.66. The number of aryl methyl sites for hydroxylation is 1. The summed E-state index contributed by atoms with van der Waals surface area (Å²) < 4.78 is 0. The lowest BCUT2D eigenvalue weighted by Gasteiger charge is -2.38. The Bertz CT molecular complexity index is 383. The predicted molar refractivity (Wildman–Crippen MR) is 77.0 cm³/mol. The first-order valence-electron chi connectivity index (χ1n) is 7.04. The molecule has 3 heteroatoms. The summed E-state index contributed by atoms with van der Waals surface area (Å²) in [7, 11) is 2.25. The molecule has 0 atom stereocenters. The van der Waals surface area contributed by atoms with Crippen LogP contribution in [0.4, 0.5) is 5.69 Å². The fourth-order valence-corrected chi connectivity index (χ4v) is 2.98. The maximum absolute atomic E-state index is 4.24. The van der Waals surface area contributed by atoms with Crippen LogP contribution in [0.5, 0.6) is 0 Å². The average molecular weight is 247 g/mol. The van der Waals surface area contributed by atoms with Crippen molar-refractivity contribution < 1.29 is 0 Å². The number of aromatic nitrogens is 1. The Balaban J connectivity index is 2.02. The van der Waals surface area contributed by atoms with Gasteiger partial charge < -0.3 is 5.32 Å². The second kappa shape index (κ2) is 5.70. The molecule has 100 valence electrons. The van der Waals surface area contributed by atoms with E-state index in [9.17, 15) is 0 Å². The minimum atomic E-state index is 0.353. The molecule has 0 spiro atoms. The van der Waals surface area contributed by atoms with Crippen molar-refractivity contribution in [2.75, 3.05) is 25.5 Å². The summed E-state index contributed by atoms with van der Waals surface area (Å²) in [6, 6.07) is 4.18. The lowest BCUT2D eigenvalue weighted by Crippen LogP contribution is -2.49. The van der Waals surface area contributed by atoms with Crippen LogP contribution in [0.1, 0.15) is 38.3 Å². The maximum atomic E-state index is 4.24. The van der Waals surface area contributed by atoms with Crippen LogP contribution in [0.25, 0.3) is 0 Å². The molecule has 1 aliphatic carbocycles. The summed E-state index contributed by atoms with van der Waals surface area (Å²) in [6.07, 6.45) is 7.23. The van der Waals surface area contributed by atoms with Crippen molar-refractivity contribution in [3.63, 3.8) is 0 Å². The van der Waals surface area contributed by atoms with Gasteiger partial charge in [-0.05, 0) is 45.5 Å². The van der Waals surface area contributed by atoms with Crippen LogP contribution in [0.2, 0.25) is 0 Å². The molecule has 1 fully saturated rings. The Kier molecular flexibility index (Phi) is 4.23. The first-order valence-corrected chi connectivity index (χ1v) is 7.04. The number of nitrogens with one attached hydrogen (secondary N) is 1. The lowest BCUT2D eigenvalue weighted by molar-refractivity contribution is 0.144. The zero-order valence-electron chi connectivity index (χ0n) is 11.9. The van der Waals surface area contributed by atoms with Crippen molar-refractivity contribution in [2.24, 2.45) is 0 Å². The van der Waals surface area contributed by atoms with E-state index in [4.69, 9.17) is 0 Å². The zero-order chi connectivity index (χ0) is 13.0. The molecular weight excluding hydrogens is 222 g/mol. The van der Waals surface area contributed by atoms with Crippen molar-refractivity contribution in [1.29, 1.82) is 0 Å². The van der Waals surface area contributed by atoms with E-state index in [-0.39, 0.29) is 0 Å². The first kappa shape index (κ1) is 13.3. The van der Waals surface area contributed by atoms with Gasteiger partial charge in [-0.15, -0.1) is 0 Å². The van der Waals surface area contributed by atoms with E-state index < -0.39 is 0 Å². The minimum absolute atomic E-state index is 0.353. The van der Waals surface area contributed by atoms with E-state index in [2.05, 4.69) is 41.3 Å². The minimum Gasteiger partial charge on any atom is -0.383 e. The second-order valence-electron chi connectivity index (χ2n) is 5.49. The molecule has 1 heterocycles. The maximum Gasteiger partial charge on any atom is 0.0393 e. The fraction of sp³-hybridized carbons (Fsp3) is 0.667. The lowest BCUT2D eigenvalue weighted by atomic mass is 9.95. The molecule has 18 heavy (non-hydrogen) atoms. The molecule has 0 radical (unpaired) electrons. The van der Waals surface area contributed by atoms with Crippen molar-refractivity contribution in [3.05, 3.63) is 24.0 Å². The van der Waals surface area contributed by atoms with Crippen molar-refractivity contribution in [2.45, 2.75) is 45.1 Å². The quantitative estimate of drug-likeness (QED) is 0.866. The van der Waals surface area contributed by atoms with Crippen LogP contribution in [-0.4, -0.2) is 35.6 Å². The summed E-state index contributed by atoms with van der Waals surface area (Å²) in [5.41, 5.74) is 2.62. The fourth-order valence-electron chi connectivity index (χ4n) is 2.98. The summed E-state index contributed by atoms with van der Waals surface area (Å²) in [5.74, 6) is 0. The third-order valence-electron chi connectivity index (χ3n) is 4.34. The summed E-state index contributed by atoms with van der Waals surface area (Å²) in [6.45, 7) is 6.45. The van der Waals surface area contributed by atoms with Gasteiger partial charge in [0.2, 0.25) is 0 Å². The van der Waals surface area contributed by atoms with Gasteiger partial charge in [-0.2, -0.15) is 0 Å². The molecule has 1 aliphatic rings. The van der Waals surface area contributed by atoms with Gasteiger partial charge in [0.25, 0.3) is 0 Å². The second-order valence-corrected chi connectivity index (χ2v) is 5.49. The molecule has 0 amide bonds. The molecule has 1 N–H and O–H groups in total. The van der Waals surface area contributed by atoms with Gasteiger partial charge in [0.05, 0.1) is 0 Å². The van der Waals surface area contributed by atoms with Gasteiger partial charge in [0.1, 0.15) is 0 Å². The van der Waals surface area contributed by atoms with Crippen molar-refractivity contribution in [3.8, 4) is 0 Å².